The van der Waals surface area contributed by atoms with E-state index in [9.17, 15) is 9.59 Å². The zero-order valence-corrected chi connectivity index (χ0v) is 15.1. The molecule has 1 amide bonds. The van der Waals surface area contributed by atoms with Gasteiger partial charge in [-0.1, -0.05) is 23.4 Å². The Morgan fingerprint density at radius 2 is 2.00 bits per heavy atom. The summed E-state index contributed by atoms with van der Waals surface area (Å²) in [4.78, 5) is 29.5. The lowest BCUT2D eigenvalue weighted by Gasteiger charge is -2.17. The predicted octanol–water partition coefficient (Wildman–Crippen LogP) is 2.32. The van der Waals surface area contributed by atoms with Crippen molar-refractivity contribution in [3.63, 3.8) is 0 Å². The molecule has 2 aliphatic rings. The van der Waals surface area contributed by atoms with Crippen LogP contribution in [0, 0.1) is 0 Å². The van der Waals surface area contributed by atoms with Gasteiger partial charge in [-0.3, -0.25) is 9.59 Å². The number of aromatic nitrogens is 3. The van der Waals surface area contributed by atoms with Crippen LogP contribution < -0.4 is 10.5 Å². The second kappa shape index (κ2) is 6.02. The number of rotatable bonds is 2. The summed E-state index contributed by atoms with van der Waals surface area (Å²) in [7, 11) is 0. The largest absolute Gasteiger partial charge is 0.310 e. The van der Waals surface area contributed by atoms with E-state index < -0.39 is 0 Å². The molecule has 26 heavy (non-hydrogen) atoms. The Bertz CT molecular complexity index is 1080. The highest BCUT2D eigenvalue weighted by Crippen LogP contribution is 2.33. The molecule has 5 rings (SSSR count). The van der Waals surface area contributed by atoms with E-state index in [1.165, 1.54) is 15.1 Å². The molecule has 132 valence electrons. The van der Waals surface area contributed by atoms with Crippen LogP contribution in [0.25, 0.3) is 10.2 Å². The number of anilines is 1. The monoisotopic (exact) mass is 366 g/mol. The molecule has 0 atom stereocenters. The summed E-state index contributed by atoms with van der Waals surface area (Å²) >= 11 is 1.58. The normalized spacial score (nSPS) is 15.9. The summed E-state index contributed by atoms with van der Waals surface area (Å²) in [6, 6.07) is 7.90. The second-order valence-corrected chi connectivity index (χ2v) is 7.95. The number of carbonyl (C=O) groups excluding carboxylic acids is 1. The topological polar surface area (TPSA) is 68.1 Å². The zero-order chi connectivity index (χ0) is 17.7. The van der Waals surface area contributed by atoms with Crippen LogP contribution in [0.15, 0.2) is 29.1 Å². The van der Waals surface area contributed by atoms with Gasteiger partial charge < -0.3 is 4.90 Å². The van der Waals surface area contributed by atoms with Crippen molar-refractivity contribution in [2.45, 2.75) is 38.6 Å². The van der Waals surface area contributed by atoms with Crippen LogP contribution in [0.3, 0.4) is 0 Å². The van der Waals surface area contributed by atoms with Crippen molar-refractivity contribution in [2.75, 3.05) is 11.4 Å². The maximum Gasteiger partial charge on any atom is 0.279 e. The van der Waals surface area contributed by atoms with Gasteiger partial charge in [0.05, 0.1) is 5.39 Å². The number of benzene rings is 1. The van der Waals surface area contributed by atoms with Gasteiger partial charge >= 0.3 is 0 Å². The van der Waals surface area contributed by atoms with E-state index in [4.69, 9.17) is 0 Å². The van der Waals surface area contributed by atoms with E-state index in [2.05, 4.69) is 10.3 Å². The number of para-hydroxylation sites is 1. The molecule has 0 radical (unpaired) electrons. The Hall–Kier alpha value is -2.54. The molecule has 0 saturated heterocycles. The van der Waals surface area contributed by atoms with Gasteiger partial charge in [-0.15, -0.1) is 16.4 Å². The molecule has 0 spiro atoms. The van der Waals surface area contributed by atoms with Crippen molar-refractivity contribution < 1.29 is 4.79 Å². The van der Waals surface area contributed by atoms with Crippen molar-refractivity contribution >= 4 is 33.1 Å². The van der Waals surface area contributed by atoms with Gasteiger partial charge in [0.25, 0.3) is 5.56 Å². The number of hydrogen-bond acceptors (Lipinski definition) is 5. The molecule has 1 aromatic carbocycles. The molecule has 0 bridgehead atoms. The van der Waals surface area contributed by atoms with Gasteiger partial charge in [-0.2, -0.15) is 0 Å². The molecule has 0 unspecified atom stereocenters. The van der Waals surface area contributed by atoms with Crippen molar-refractivity contribution in [3.05, 3.63) is 50.6 Å². The summed E-state index contributed by atoms with van der Waals surface area (Å²) in [5.41, 5.74) is 3.05. The van der Waals surface area contributed by atoms with Gasteiger partial charge in [0.2, 0.25) is 5.91 Å². The Balaban J connectivity index is 1.49. The van der Waals surface area contributed by atoms with Crippen LogP contribution in [-0.4, -0.2) is 27.4 Å². The van der Waals surface area contributed by atoms with E-state index in [-0.39, 0.29) is 18.0 Å². The highest BCUT2D eigenvalue weighted by Gasteiger charge is 2.26. The highest BCUT2D eigenvalue weighted by atomic mass is 32.1. The Kier molecular flexibility index (Phi) is 3.63. The number of nitrogens with zero attached hydrogens (tertiary/aromatic N) is 4. The fourth-order valence-corrected chi connectivity index (χ4v) is 5.22. The number of amides is 1. The van der Waals surface area contributed by atoms with Gasteiger partial charge in [0.15, 0.2) is 4.83 Å². The molecule has 0 saturated carbocycles. The predicted molar refractivity (Wildman–Crippen MR) is 101 cm³/mol. The minimum atomic E-state index is -0.185. The molecule has 7 heteroatoms. The molecule has 6 nitrogen and oxygen atoms in total. The van der Waals surface area contributed by atoms with Crippen LogP contribution >= 0.6 is 11.3 Å². The molecule has 3 heterocycles. The number of fused-ring (bicyclic) bond motifs is 4. The van der Waals surface area contributed by atoms with Gasteiger partial charge in [-0.05, 0) is 49.3 Å². The van der Waals surface area contributed by atoms with E-state index in [1.807, 2.05) is 24.3 Å². The third-order valence-corrected chi connectivity index (χ3v) is 6.49. The van der Waals surface area contributed by atoms with Crippen molar-refractivity contribution in [1.29, 1.82) is 0 Å². The highest BCUT2D eigenvalue weighted by molar-refractivity contribution is 7.18. The number of thiophene rings is 1. The zero-order valence-electron chi connectivity index (χ0n) is 14.3. The standard InChI is InChI=1S/C19H18N4O2S/c24-16(22-10-9-12-5-1-3-7-14(12)22)11-23-19(25)17-13-6-2-4-8-15(13)26-18(17)20-21-23/h1,3,5,7H,2,4,6,8-11H2. The van der Waals surface area contributed by atoms with Gasteiger partial charge in [0.1, 0.15) is 6.54 Å². The fraction of sp³-hybridized carbons (Fsp3) is 0.368. The molecular formula is C19H18N4O2S. The molecule has 1 aliphatic heterocycles. The summed E-state index contributed by atoms with van der Waals surface area (Å²) in [6.07, 6.45) is 5.04. The quantitative estimate of drug-likeness (QED) is 0.698. The molecule has 0 N–H and O–H groups in total. The van der Waals surface area contributed by atoms with Crippen LogP contribution in [-0.2, 0) is 30.6 Å². The second-order valence-electron chi connectivity index (χ2n) is 6.87. The third kappa shape index (κ3) is 2.38. The van der Waals surface area contributed by atoms with Gasteiger partial charge in [-0.25, -0.2) is 4.68 Å². The van der Waals surface area contributed by atoms with Crippen LogP contribution in [0.4, 0.5) is 5.69 Å². The summed E-state index contributed by atoms with van der Waals surface area (Å²) < 4.78 is 1.23. The Morgan fingerprint density at radius 3 is 2.92 bits per heavy atom. The Morgan fingerprint density at radius 1 is 1.15 bits per heavy atom. The lowest BCUT2D eigenvalue weighted by molar-refractivity contribution is -0.119. The third-order valence-electron chi connectivity index (χ3n) is 5.32. The molecule has 1 aliphatic carbocycles. The SMILES string of the molecule is O=C(Cn1nnc2sc3c(c2c1=O)CCCC3)N1CCc2ccccc21. The summed E-state index contributed by atoms with van der Waals surface area (Å²) in [5.74, 6) is -0.116. The maximum atomic E-state index is 13.0. The van der Waals surface area contributed by atoms with Crippen molar-refractivity contribution in [1.82, 2.24) is 15.0 Å². The fourth-order valence-electron chi connectivity index (χ4n) is 4.02. The van der Waals surface area contributed by atoms with E-state index in [0.29, 0.717) is 16.8 Å². The average molecular weight is 366 g/mol. The lowest BCUT2D eigenvalue weighted by Crippen LogP contribution is -2.36. The summed E-state index contributed by atoms with van der Waals surface area (Å²) in [6.45, 7) is 0.581. The summed E-state index contributed by atoms with van der Waals surface area (Å²) in [5, 5.41) is 8.94. The average Bonchev–Trinajstić information content (AvgIpc) is 3.25. The minimum Gasteiger partial charge on any atom is -0.310 e. The van der Waals surface area contributed by atoms with Crippen molar-refractivity contribution in [3.8, 4) is 0 Å². The number of hydrogen-bond donors (Lipinski definition) is 0. The number of carbonyl (C=O) groups is 1. The molecule has 0 fully saturated rings. The Labute approximate surface area is 154 Å². The lowest BCUT2D eigenvalue weighted by atomic mass is 9.97. The van der Waals surface area contributed by atoms with Crippen LogP contribution in [0.2, 0.25) is 0 Å². The van der Waals surface area contributed by atoms with E-state index in [0.717, 1.165) is 43.4 Å². The maximum absolute atomic E-state index is 13.0. The molecular weight excluding hydrogens is 348 g/mol. The van der Waals surface area contributed by atoms with E-state index in [1.54, 1.807) is 16.2 Å². The smallest absolute Gasteiger partial charge is 0.279 e. The first-order chi connectivity index (χ1) is 12.7. The van der Waals surface area contributed by atoms with Crippen LogP contribution in [0.1, 0.15) is 28.8 Å². The minimum absolute atomic E-state index is 0.0687. The van der Waals surface area contributed by atoms with Crippen LogP contribution in [0.5, 0.6) is 0 Å². The molecule has 3 aromatic rings. The number of aryl methyl sites for hydroxylation is 2. The molecule has 2 aromatic heterocycles. The first kappa shape index (κ1) is 15.7. The first-order valence-electron chi connectivity index (χ1n) is 8.98. The van der Waals surface area contributed by atoms with E-state index >= 15 is 0 Å². The van der Waals surface area contributed by atoms with Gasteiger partial charge in [0, 0.05) is 17.1 Å². The first-order valence-corrected chi connectivity index (χ1v) is 9.80. The van der Waals surface area contributed by atoms with Crippen molar-refractivity contribution in [2.24, 2.45) is 0 Å².